The van der Waals surface area contributed by atoms with Gasteiger partial charge in [0.1, 0.15) is 0 Å². The summed E-state index contributed by atoms with van der Waals surface area (Å²) in [6, 6.07) is 66.4. The van der Waals surface area contributed by atoms with E-state index < -0.39 is 0 Å². The Morgan fingerprint density at radius 2 is 0.868 bits per heavy atom. The van der Waals surface area contributed by atoms with Crippen molar-refractivity contribution in [3.63, 3.8) is 0 Å². The van der Waals surface area contributed by atoms with Crippen LogP contribution in [0.3, 0.4) is 0 Å². The summed E-state index contributed by atoms with van der Waals surface area (Å²) in [5.74, 6) is 0. The van der Waals surface area contributed by atoms with Crippen LogP contribution in [0.4, 0.5) is 0 Å². The molecule has 0 N–H and O–H groups in total. The standard InChI is InChI=1S/C37H25N.C15H14/c1-24-17-20-37-35(21-24)33-15-6-7-16-36(33)38(37)27-10-8-9-25(22-27)26-18-19-32-30-13-3-2-11-28(30)29-12-4-5-14-31(29)34(32)23-26;1-15(2)13-9-5-3-7-11(13)12-8-4-6-10-14(12)15/h2-23H,1H3;3-10H,1-2H3. The zero-order chi connectivity index (χ0) is 35.7. The Labute approximate surface area is 310 Å². The van der Waals surface area contributed by atoms with Crippen LogP contribution in [-0.2, 0) is 5.41 Å². The SMILES string of the molecule is CC1(C)c2ccccc2-c2ccccc21.Cc1ccc2c(c1)c1ccccc1n2-c1cccc(-c2ccc3c4ccccc4c4ccccc4c3c2)c1. The molecular weight excluding hydrogens is 639 g/mol. The largest absolute Gasteiger partial charge is 0.309 e. The van der Waals surface area contributed by atoms with Gasteiger partial charge in [0, 0.05) is 21.9 Å². The van der Waals surface area contributed by atoms with E-state index in [0.717, 1.165) is 0 Å². The first-order valence-electron chi connectivity index (χ1n) is 18.6. The van der Waals surface area contributed by atoms with Crippen molar-refractivity contribution in [1.29, 1.82) is 0 Å². The summed E-state index contributed by atoms with van der Waals surface area (Å²) in [6.07, 6.45) is 0. The van der Waals surface area contributed by atoms with Crippen LogP contribution in [0, 0.1) is 6.92 Å². The maximum Gasteiger partial charge on any atom is 0.0541 e. The van der Waals surface area contributed by atoms with Crippen LogP contribution in [-0.4, -0.2) is 4.57 Å². The minimum Gasteiger partial charge on any atom is -0.309 e. The molecular formula is C52H39N. The molecule has 1 aliphatic rings. The number of rotatable bonds is 2. The Hall–Kier alpha value is -6.44. The molecule has 0 spiro atoms. The van der Waals surface area contributed by atoms with Crippen molar-refractivity contribution in [1.82, 2.24) is 4.57 Å². The second kappa shape index (κ2) is 12.1. The second-order valence-corrected chi connectivity index (χ2v) is 15.0. The third-order valence-electron chi connectivity index (χ3n) is 11.5. The molecule has 1 heterocycles. The summed E-state index contributed by atoms with van der Waals surface area (Å²) in [7, 11) is 0. The smallest absolute Gasteiger partial charge is 0.0541 e. The highest BCUT2D eigenvalue weighted by molar-refractivity contribution is 6.25. The number of aromatic nitrogens is 1. The van der Waals surface area contributed by atoms with Crippen LogP contribution < -0.4 is 0 Å². The molecule has 1 aromatic heterocycles. The Morgan fingerprint density at radius 3 is 1.53 bits per heavy atom. The van der Waals surface area contributed by atoms with Crippen molar-refractivity contribution in [2.45, 2.75) is 26.2 Å². The first-order chi connectivity index (χ1) is 26.0. The third-order valence-corrected chi connectivity index (χ3v) is 11.5. The number of fused-ring (bicyclic) bond motifs is 12. The normalized spacial score (nSPS) is 13.0. The summed E-state index contributed by atoms with van der Waals surface area (Å²) in [4.78, 5) is 0. The number of benzene rings is 9. The van der Waals surface area contributed by atoms with E-state index in [9.17, 15) is 0 Å². The van der Waals surface area contributed by atoms with Gasteiger partial charge in [-0.3, -0.25) is 0 Å². The van der Waals surface area contributed by atoms with E-state index in [1.807, 2.05) is 0 Å². The van der Waals surface area contributed by atoms with Gasteiger partial charge < -0.3 is 4.57 Å². The average Bonchev–Trinajstić information content (AvgIpc) is 3.66. The molecule has 0 amide bonds. The van der Waals surface area contributed by atoms with Crippen LogP contribution >= 0.6 is 0 Å². The molecule has 9 aromatic carbocycles. The van der Waals surface area contributed by atoms with Crippen molar-refractivity contribution in [3.8, 4) is 27.9 Å². The van der Waals surface area contributed by atoms with Gasteiger partial charge in [-0.2, -0.15) is 0 Å². The lowest BCUT2D eigenvalue weighted by Gasteiger charge is -2.20. The molecule has 10 aromatic rings. The second-order valence-electron chi connectivity index (χ2n) is 15.0. The molecule has 53 heavy (non-hydrogen) atoms. The molecule has 0 saturated heterocycles. The summed E-state index contributed by atoms with van der Waals surface area (Å²) >= 11 is 0. The van der Waals surface area contributed by atoms with Crippen molar-refractivity contribution in [3.05, 3.63) is 199 Å². The van der Waals surface area contributed by atoms with Gasteiger partial charge in [-0.05, 0) is 109 Å². The van der Waals surface area contributed by atoms with E-state index in [2.05, 4.69) is 207 Å². The molecule has 11 rings (SSSR count). The molecule has 0 saturated carbocycles. The number of hydrogen-bond donors (Lipinski definition) is 0. The number of hydrogen-bond acceptors (Lipinski definition) is 0. The van der Waals surface area contributed by atoms with Crippen molar-refractivity contribution in [2.24, 2.45) is 0 Å². The fourth-order valence-electron chi connectivity index (χ4n) is 8.95. The van der Waals surface area contributed by atoms with Gasteiger partial charge in [-0.25, -0.2) is 0 Å². The van der Waals surface area contributed by atoms with Gasteiger partial charge in [-0.1, -0.05) is 165 Å². The Balaban J connectivity index is 0.000000194. The van der Waals surface area contributed by atoms with Gasteiger partial charge in [0.2, 0.25) is 0 Å². The van der Waals surface area contributed by atoms with Crippen LogP contribution in [0.2, 0.25) is 0 Å². The molecule has 0 bridgehead atoms. The van der Waals surface area contributed by atoms with Gasteiger partial charge in [0.15, 0.2) is 0 Å². The number of aryl methyl sites for hydroxylation is 1. The predicted molar refractivity (Wildman–Crippen MR) is 227 cm³/mol. The van der Waals surface area contributed by atoms with Crippen LogP contribution in [0.1, 0.15) is 30.5 Å². The maximum atomic E-state index is 2.40. The fourth-order valence-corrected chi connectivity index (χ4v) is 8.95. The first-order valence-corrected chi connectivity index (χ1v) is 18.6. The quantitative estimate of drug-likeness (QED) is 0.161. The monoisotopic (exact) mass is 677 g/mol. The van der Waals surface area contributed by atoms with E-state index >= 15 is 0 Å². The van der Waals surface area contributed by atoms with Crippen molar-refractivity contribution in [2.75, 3.05) is 0 Å². The minimum absolute atomic E-state index is 0.160. The molecule has 0 atom stereocenters. The van der Waals surface area contributed by atoms with E-state index in [1.54, 1.807) is 0 Å². The van der Waals surface area contributed by atoms with Gasteiger partial charge >= 0.3 is 0 Å². The Bertz CT molecular complexity index is 2960. The van der Waals surface area contributed by atoms with Gasteiger partial charge in [0.05, 0.1) is 11.0 Å². The maximum absolute atomic E-state index is 2.40. The lowest BCUT2D eigenvalue weighted by atomic mass is 9.82. The van der Waals surface area contributed by atoms with E-state index in [-0.39, 0.29) is 5.41 Å². The molecule has 1 nitrogen and oxygen atoms in total. The summed E-state index contributed by atoms with van der Waals surface area (Å²) < 4.78 is 2.40. The fraction of sp³-hybridized carbons (Fsp3) is 0.0769. The topological polar surface area (TPSA) is 4.93 Å². The Morgan fingerprint density at radius 1 is 0.358 bits per heavy atom. The molecule has 0 fully saturated rings. The third kappa shape index (κ3) is 4.92. The zero-order valence-corrected chi connectivity index (χ0v) is 30.3. The Kier molecular flexibility index (Phi) is 7.13. The lowest BCUT2D eigenvalue weighted by Crippen LogP contribution is -2.14. The molecule has 0 unspecified atom stereocenters. The average molecular weight is 678 g/mol. The van der Waals surface area contributed by atoms with Crippen LogP contribution in [0.5, 0.6) is 0 Å². The van der Waals surface area contributed by atoms with E-state index in [4.69, 9.17) is 0 Å². The van der Waals surface area contributed by atoms with Crippen LogP contribution in [0.15, 0.2) is 182 Å². The summed E-state index contributed by atoms with van der Waals surface area (Å²) in [5, 5.41) is 10.4. The molecule has 252 valence electrons. The number of nitrogens with zero attached hydrogens (tertiary/aromatic N) is 1. The zero-order valence-electron chi connectivity index (χ0n) is 30.3. The van der Waals surface area contributed by atoms with Crippen molar-refractivity contribution >= 4 is 54.1 Å². The summed E-state index contributed by atoms with van der Waals surface area (Å²) in [5.41, 5.74) is 13.3. The van der Waals surface area contributed by atoms with Gasteiger partial charge in [-0.15, -0.1) is 0 Å². The first kappa shape index (κ1) is 31.3. The highest BCUT2D eigenvalue weighted by Crippen LogP contribution is 2.48. The van der Waals surface area contributed by atoms with Gasteiger partial charge in [0.25, 0.3) is 0 Å². The molecule has 0 aliphatic heterocycles. The predicted octanol–water partition coefficient (Wildman–Crippen LogP) is 14.2. The summed E-state index contributed by atoms with van der Waals surface area (Å²) in [6.45, 7) is 6.77. The molecule has 0 radical (unpaired) electrons. The van der Waals surface area contributed by atoms with E-state index in [1.165, 1.54) is 98.8 Å². The van der Waals surface area contributed by atoms with E-state index in [0.29, 0.717) is 0 Å². The highest BCUT2D eigenvalue weighted by Gasteiger charge is 2.34. The van der Waals surface area contributed by atoms with Crippen molar-refractivity contribution < 1.29 is 0 Å². The minimum atomic E-state index is 0.160. The lowest BCUT2D eigenvalue weighted by molar-refractivity contribution is 0.660. The molecule has 1 aliphatic carbocycles. The van der Waals surface area contributed by atoms with Crippen LogP contribution in [0.25, 0.3) is 82.1 Å². The number of para-hydroxylation sites is 1. The molecule has 1 heteroatoms. The highest BCUT2D eigenvalue weighted by atomic mass is 15.0.